The van der Waals surface area contributed by atoms with Crippen LogP contribution in [-0.2, 0) is 6.54 Å². The number of likely N-dealkylation sites (tertiary alicyclic amines) is 1. The molecule has 1 fully saturated rings. The molecule has 132 valence electrons. The minimum atomic E-state index is 0.0292. The zero-order valence-corrected chi connectivity index (χ0v) is 15.0. The highest BCUT2D eigenvalue weighted by Gasteiger charge is 2.21. The molecule has 3 aromatic rings. The third-order valence-corrected chi connectivity index (χ3v) is 5.30. The molecule has 5 nitrogen and oxygen atoms in total. The first kappa shape index (κ1) is 16.3. The standard InChI is InChI=1S/C20H26N4O/c1-14-10-15(2)12-23(11-14)8-5-9-24-13-21-18-16-6-3-4-7-17(16)22-19(18)20(24)25/h3-4,6-7,13-15,22H,5,8-12H2,1-2H3/t14-,15-/m0/s1. The zero-order valence-electron chi connectivity index (χ0n) is 15.0. The Morgan fingerprint density at radius 3 is 2.72 bits per heavy atom. The normalized spacial score (nSPS) is 22.0. The number of hydrogen-bond acceptors (Lipinski definition) is 3. The van der Waals surface area contributed by atoms with Gasteiger partial charge >= 0.3 is 0 Å². The summed E-state index contributed by atoms with van der Waals surface area (Å²) in [4.78, 5) is 23.1. The van der Waals surface area contributed by atoms with Crippen molar-refractivity contribution in [2.45, 2.75) is 33.2 Å². The molecule has 1 aromatic carbocycles. The van der Waals surface area contributed by atoms with Crippen molar-refractivity contribution in [3.8, 4) is 0 Å². The molecule has 5 heteroatoms. The zero-order chi connectivity index (χ0) is 17.4. The number of para-hydroxylation sites is 1. The molecule has 1 aliphatic heterocycles. The lowest BCUT2D eigenvalue weighted by Crippen LogP contribution is -2.39. The summed E-state index contributed by atoms with van der Waals surface area (Å²) in [5, 5.41) is 1.01. The van der Waals surface area contributed by atoms with E-state index in [4.69, 9.17) is 0 Å². The Kier molecular flexibility index (Phi) is 4.34. The van der Waals surface area contributed by atoms with Crippen molar-refractivity contribution in [2.24, 2.45) is 11.8 Å². The lowest BCUT2D eigenvalue weighted by atomic mass is 9.92. The van der Waals surface area contributed by atoms with Crippen molar-refractivity contribution in [2.75, 3.05) is 19.6 Å². The van der Waals surface area contributed by atoms with E-state index in [9.17, 15) is 4.79 Å². The first-order valence-electron chi connectivity index (χ1n) is 9.30. The van der Waals surface area contributed by atoms with Gasteiger partial charge in [0.1, 0.15) is 11.0 Å². The second-order valence-corrected chi connectivity index (χ2v) is 7.70. The largest absolute Gasteiger partial charge is 0.349 e. The third kappa shape index (κ3) is 3.21. The predicted octanol–water partition coefficient (Wildman–Crippen LogP) is 3.25. The maximum Gasteiger partial charge on any atom is 0.277 e. The first-order chi connectivity index (χ1) is 12.1. The smallest absolute Gasteiger partial charge is 0.277 e. The van der Waals surface area contributed by atoms with Gasteiger partial charge in [-0.05, 0) is 37.3 Å². The molecule has 0 spiro atoms. The molecule has 0 amide bonds. The van der Waals surface area contributed by atoms with E-state index >= 15 is 0 Å². The molecule has 4 rings (SSSR count). The quantitative estimate of drug-likeness (QED) is 0.794. The first-order valence-corrected chi connectivity index (χ1v) is 9.30. The molecule has 0 saturated carbocycles. The van der Waals surface area contributed by atoms with Crippen molar-refractivity contribution >= 4 is 21.9 Å². The predicted molar refractivity (Wildman–Crippen MR) is 102 cm³/mol. The number of aromatic amines is 1. The maximum atomic E-state index is 12.8. The van der Waals surface area contributed by atoms with Crippen molar-refractivity contribution in [1.82, 2.24) is 19.4 Å². The highest BCUT2D eigenvalue weighted by molar-refractivity contribution is 6.04. The van der Waals surface area contributed by atoms with Gasteiger partial charge < -0.3 is 9.88 Å². The van der Waals surface area contributed by atoms with Crippen LogP contribution in [0.15, 0.2) is 35.4 Å². The maximum absolute atomic E-state index is 12.8. The molecule has 0 aliphatic carbocycles. The van der Waals surface area contributed by atoms with Gasteiger partial charge in [0.05, 0.1) is 6.33 Å². The molecular weight excluding hydrogens is 312 g/mol. The average Bonchev–Trinajstić information content (AvgIpc) is 2.96. The molecule has 0 unspecified atom stereocenters. The fourth-order valence-electron chi connectivity index (χ4n) is 4.34. The van der Waals surface area contributed by atoms with Crippen LogP contribution in [0, 0.1) is 11.8 Å². The number of rotatable bonds is 4. The van der Waals surface area contributed by atoms with Crippen molar-refractivity contribution in [3.63, 3.8) is 0 Å². The lowest BCUT2D eigenvalue weighted by Gasteiger charge is -2.34. The van der Waals surface area contributed by atoms with E-state index < -0.39 is 0 Å². The van der Waals surface area contributed by atoms with Gasteiger partial charge in [-0.1, -0.05) is 32.0 Å². The van der Waals surface area contributed by atoms with Gasteiger partial charge in [0, 0.05) is 30.5 Å². The van der Waals surface area contributed by atoms with Crippen molar-refractivity contribution < 1.29 is 0 Å². The molecule has 25 heavy (non-hydrogen) atoms. The fourth-order valence-corrected chi connectivity index (χ4v) is 4.34. The van der Waals surface area contributed by atoms with Crippen LogP contribution >= 0.6 is 0 Å². The Bertz CT molecular complexity index is 932. The summed E-state index contributed by atoms with van der Waals surface area (Å²) in [5.74, 6) is 1.55. The molecular formula is C20H26N4O. The Morgan fingerprint density at radius 1 is 1.16 bits per heavy atom. The SMILES string of the molecule is C[C@H]1C[C@H](C)CN(CCCn2cnc3c([nH]c4ccccc43)c2=O)C1. The molecule has 1 saturated heterocycles. The van der Waals surface area contributed by atoms with E-state index in [1.807, 2.05) is 24.3 Å². The summed E-state index contributed by atoms with van der Waals surface area (Å²) in [5.41, 5.74) is 2.39. The van der Waals surface area contributed by atoms with Gasteiger partial charge in [-0.2, -0.15) is 0 Å². The van der Waals surface area contributed by atoms with Crippen LogP contribution in [0.2, 0.25) is 0 Å². The van der Waals surface area contributed by atoms with Crippen LogP contribution in [0.3, 0.4) is 0 Å². The molecule has 1 N–H and O–H groups in total. The highest BCUT2D eigenvalue weighted by Crippen LogP contribution is 2.22. The van der Waals surface area contributed by atoms with E-state index in [1.54, 1.807) is 10.9 Å². The summed E-state index contributed by atoms with van der Waals surface area (Å²) in [6.45, 7) is 8.79. The monoisotopic (exact) mass is 338 g/mol. The lowest BCUT2D eigenvalue weighted by molar-refractivity contribution is 0.138. The van der Waals surface area contributed by atoms with E-state index in [0.717, 1.165) is 47.8 Å². The molecule has 2 aromatic heterocycles. The van der Waals surface area contributed by atoms with Crippen LogP contribution in [0.4, 0.5) is 0 Å². The molecule has 0 radical (unpaired) electrons. The van der Waals surface area contributed by atoms with Crippen LogP contribution in [0.5, 0.6) is 0 Å². The van der Waals surface area contributed by atoms with Crippen molar-refractivity contribution in [3.05, 3.63) is 40.9 Å². The summed E-state index contributed by atoms with van der Waals surface area (Å²) in [7, 11) is 0. The van der Waals surface area contributed by atoms with Gasteiger partial charge in [-0.15, -0.1) is 0 Å². The van der Waals surface area contributed by atoms with E-state index in [0.29, 0.717) is 5.52 Å². The number of fused-ring (bicyclic) bond motifs is 3. The third-order valence-electron chi connectivity index (χ3n) is 5.30. The summed E-state index contributed by atoms with van der Waals surface area (Å²) < 4.78 is 1.74. The number of aryl methyl sites for hydroxylation is 1. The Labute approximate surface area is 147 Å². The summed E-state index contributed by atoms with van der Waals surface area (Å²) in [6.07, 6.45) is 4.01. The second-order valence-electron chi connectivity index (χ2n) is 7.70. The van der Waals surface area contributed by atoms with E-state index in [1.165, 1.54) is 19.5 Å². The van der Waals surface area contributed by atoms with Gasteiger partial charge in [0.15, 0.2) is 0 Å². The Balaban J connectivity index is 1.49. The minimum Gasteiger partial charge on any atom is -0.349 e. The van der Waals surface area contributed by atoms with Crippen LogP contribution in [-0.4, -0.2) is 39.1 Å². The van der Waals surface area contributed by atoms with E-state index in [-0.39, 0.29) is 5.56 Å². The molecule has 1 aliphatic rings. The summed E-state index contributed by atoms with van der Waals surface area (Å²) >= 11 is 0. The molecule has 3 heterocycles. The second kappa shape index (κ2) is 6.64. The summed E-state index contributed by atoms with van der Waals surface area (Å²) in [6, 6.07) is 7.93. The van der Waals surface area contributed by atoms with Crippen LogP contribution in [0.1, 0.15) is 26.7 Å². The van der Waals surface area contributed by atoms with Gasteiger partial charge in [-0.25, -0.2) is 4.98 Å². The topological polar surface area (TPSA) is 53.9 Å². The van der Waals surface area contributed by atoms with Gasteiger partial charge in [0.25, 0.3) is 5.56 Å². The number of H-pyrrole nitrogens is 1. The number of piperidine rings is 1. The van der Waals surface area contributed by atoms with Crippen LogP contribution in [0.25, 0.3) is 21.9 Å². The minimum absolute atomic E-state index is 0.0292. The average molecular weight is 338 g/mol. The number of hydrogen-bond donors (Lipinski definition) is 1. The van der Waals surface area contributed by atoms with E-state index in [2.05, 4.69) is 28.7 Å². The Morgan fingerprint density at radius 2 is 1.92 bits per heavy atom. The highest BCUT2D eigenvalue weighted by atomic mass is 16.1. The number of aromatic nitrogens is 3. The molecule has 2 atom stereocenters. The number of benzene rings is 1. The molecule has 0 bridgehead atoms. The Hall–Kier alpha value is -2.14. The number of nitrogens with one attached hydrogen (secondary N) is 1. The number of nitrogens with zero attached hydrogens (tertiary/aromatic N) is 3. The van der Waals surface area contributed by atoms with Crippen molar-refractivity contribution in [1.29, 1.82) is 0 Å². The van der Waals surface area contributed by atoms with Crippen LogP contribution < -0.4 is 5.56 Å². The van der Waals surface area contributed by atoms with Gasteiger partial charge in [-0.3, -0.25) is 9.36 Å². The fraction of sp³-hybridized carbons (Fsp3) is 0.500. The van der Waals surface area contributed by atoms with Gasteiger partial charge in [0.2, 0.25) is 0 Å².